The molecule has 0 fully saturated rings. The van der Waals surface area contributed by atoms with Crippen LogP contribution in [0, 0.1) is 6.92 Å². The Morgan fingerprint density at radius 3 is 2.58 bits per heavy atom. The van der Waals surface area contributed by atoms with Crippen molar-refractivity contribution in [2.24, 2.45) is 0 Å². The molecule has 0 aliphatic rings. The second kappa shape index (κ2) is 9.72. The lowest BCUT2D eigenvalue weighted by molar-refractivity contribution is 0.0945. The second-order valence-electron chi connectivity index (χ2n) is 6.30. The number of rotatable bonds is 9. The highest BCUT2D eigenvalue weighted by atomic mass is 16.5. The highest BCUT2D eigenvalue weighted by Crippen LogP contribution is 2.11. The zero-order valence-electron chi connectivity index (χ0n) is 15.9. The first-order chi connectivity index (χ1) is 12.5. The molecule has 0 radical (unpaired) electrons. The van der Waals surface area contributed by atoms with Gasteiger partial charge in [0.05, 0.1) is 7.11 Å². The normalized spacial score (nSPS) is 10.7. The number of benzene rings is 1. The molecule has 1 amide bonds. The third kappa shape index (κ3) is 6.33. The SMILES string of the molecule is COc1ccc(CNC(=O)c2cc(NCCCN(C)C)nc(C)n2)cc1. The van der Waals surface area contributed by atoms with E-state index >= 15 is 0 Å². The van der Waals surface area contributed by atoms with E-state index in [1.54, 1.807) is 20.1 Å². The largest absolute Gasteiger partial charge is 0.497 e. The van der Waals surface area contributed by atoms with Crippen LogP contribution in [-0.4, -0.2) is 55.1 Å². The molecule has 0 aliphatic heterocycles. The third-order valence-electron chi connectivity index (χ3n) is 3.77. The van der Waals surface area contributed by atoms with Crippen molar-refractivity contribution in [1.29, 1.82) is 0 Å². The zero-order chi connectivity index (χ0) is 18.9. The molecular formula is C19H27N5O2. The second-order valence-corrected chi connectivity index (χ2v) is 6.30. The summed E-state index contributed by atoms with van der Waals surface area (Å²) in [4.78, 5) is 23.1. The molecule has 0 aliphatic carbocycles. The van der Waals surface area contributed by atoms with Gasteiger partial charge < -0.3 is 20.3 Å². The van der Waals surface area contributed by atoms with Crippen molar-refractivity contribution in [1.82, 2.24) is 20.2 Å². The summed E-state index contributed by atoms with van der Waals surface area (Å²) >= 11 is 0. The quantitative estimate of drug-likeness (QED) is 0.669. The van der Waals surface area contributed by atoms with Gasteiger partial charge in [-0.15, -0.1) is 0 Å². The smallest absolute Gasteiger partial charge is 0.270 e. The van der Waals surface area contributed by atoms with Crippen LogP contribution in [-0.2, 0) is 6.54 Å². The summed E-state index contributed by atoms with van der Waals surface area (Å²) in [6, 6.07) is 9.26. The van der Waals surface area contributed by atoms with Crippen molar-refractivity contribution >= 4 is 11.7 Å². The number of amides is 1. The maximum absolute atomic E-state index is 12.4. The van der Waals surface area contributed by atoms with Crippen LogP contribution >= 0.6 is 0 Å². The number of hydrogen-bond acceptors (Lipinski definition) is 6. The van der Waals surface area contributed by atoms with Gasteiger partial charge in [-0.1, -0.05) is 12.1 Å². The fourth-order valence-electron chi connectivity index (χ4n) is 2.40. The Bertz CT molecular complexity index is 716. The molecule has 0 spiro atoms. The fourth-order valence-corrected chi connectivity index (χ4v) is 2.40. The first-order valence-corrected chi connectivity index (χ1v) is 8.63. The molecule has 7 nitrogen and oxygen atoms in total. The van der Waals surface area contributed by atoms with Crippen molar-refractivity contribution in [2.45, 2.75) is 19.9 Å². The van der Waals surface area contributed by atoms with E-state index in [0.717, 1.165) is 30.8 Å². The average Bonchev–Trinajstić information content (AvgIpc) is 2.63. The lowest BCUT2D eigenvalue weighted by Gasteiger charge is -2.11. The predicted octanol–water partition coefficient (Wildman–Crippen LogP) is 2.09. The summed E-state index contributed by atoms with van der Waals surface area (Å²) < 4.78 is 5.13. The first-order valence-electron chi connectivity index (χ1n) is 8.63. The van der Waals surface area contributed by atoms with E-state index in [2.05, 4.69) is 25.5 Å². The number of ether oxygens (including phenoxy) is 1. The molecule has 1 aromatic carbocycles. The standard InChI is InChI=1S/C19H27N5O2/c1-14-22-17(12-18(23-14)20-10-5-11-24(2)3)19(25)21-13-15-6-8-16(26-4)9-7-15/h6-9,12H,5,10-11,13H2,1-4H3,(H,21,25)(H,20,22,23). The minimum absolute atomic E-state index is 0.220. The van der Waals surface area contributed by atoms with Crippen molar-refractivity contribution < 1.29 is 9.53 Å². The van der Waals surface area contributed by atoms with Crippen molar-refractivity contribution in [3.8, 4) is 5.75 Å². The predicted molar refractivity (Wildman–Crippen MR) is 103 cm³/mol. The first kappa shape index (κ1) is 19.7. The number of aryl methyl sites for hydroxylation is 1. The molecule has 26 heavy (non-hydrogen) atoms. The summed E-state index contributed by atoms with van der Waals surface area (Å²) in [7, 11) is 5.71. The van der Waals surface area contributed by atoms with Gasteiger partial charge in [-0.25, -0.2) is 9.97 Å². The van der Waals surface area contributed by atoms with E-state index < -0.39 is 0 Å². The van der Waals surface area contributed by atoms with Crippen molar-refractivity contribution in [3.05, 3.63) is 47.4 Å². The van der Waals surface area contributed by atoms with Gasteiger partial charge in [-0.2, -0.15) is 0 Å². The van der Waals surface area contributed by atoms with Gasteiger partial charge in [0.15, 0.2) is 0 Å². The van der Waals surface area contributed by atoms with E-state index in [-0.39, 0.29) is 5.91 Å². The summed E-state index contributed by atoms with van der Waals surface area (Å²) in [5, 5.41) is 6.14. The van der Waals surface area contributed by atoms with Crippen LogP contribution in [0.25, 0.3) is 0 Å². The maximum Gasteiger partial charge on any atom is 0.270 e. The van der Waals surface area contributed by atoms with Gasteiger partial charge >= 0.3 is 0 Å². The molecule has 140 valence electrons. The van der Waals surface area contributed by atoms with Gasteiger partial charge in [-0.3, -0.25) is 4.79 Å². The summed E-state index contributed by atoms with van der Waals surface area (Å²) in [5.41, 5.74) is 1.35. The Hall–Kier alpha value is -2.67. The minimum Gasteiger partial charge on any atom is -0.497 e. The molecule has 7 heteroatoms. The summed E-state index contributed by atoms with van der Waals surface area (Å²) in [5.74, 6) is 1.81. The Balaban J connectivity index is 1.92. The molecule has 1 heterocycles. The van der Waals surface area contributed by atoms with Crippen LogP contribution in [0.3, 0.4) is 0 Å². The monoisotopic (exact) mass is 357 g/mol. The number of nitrogens with zero attached hydrogens (tertiary/aromatic N) is 3. The summed E-state index contributed by atoms with van der Waals surface area (Å²) in [6.45, 7) is 4.00. The molecule has 2 N–H and O–H groups in total. The fraction of sp³-hybridized carbons (Fsp3) is 0.421. The Morgan fingerprint density at radius 2 is 1.92 bits per heavy atom. The van der Waals surface area contributed by atoms with Gasteiger partial charge in [0.25, 0.3) is 5.91 Å². The molecule has 0 saturated heterocycles. The number of nitrogens with one attached hydrogen (secondary N) is 2. The van der Waals surface area contributed by atoms with Crippen molar-refractivity contribution in [3.63, 3.8) is 0 Å². The maximum atomic E-state index is 12.4. The molecule has 0 atom stereocenters. The number of anilines is 1. The van der Waals surface area contributed by atoms with Crippen LogP contribution in [0.15, 0.2) is 30.3 Å². The number of methoxy groups -OCH3 is 1. The minimum atomic E-state index is -0.220. The zero-order valence-corrected chi connectivity index (χ0v) is 15.9. The van der Waals surface area contributed by atoms with Crippen LogP contribution in [0.5, 0.6) is 5.75 Å². The van der Waals surface area contributed by atoms with Crippen LogP contribution in [0.2, 0.25) is 0 Å². The number of hydrogen-bond donors (Lipinski definition) is 2. The molecule has 2 aromatic rings. The number of carbonyl (C=O) groups is 1. The van der Waals surface area contributed by atoms with Gasteiger partial charge in [0.2, 0.25) is 0 Å². The average molecular weight is 357 g/mol. The van der Waals surface area contributed by atoms with Gasteiger partial charge in [-0.05, 0) is 51.7 Å². The molecule has 2 rings (SSSR count). The molecule has 0 bridgehead atoms. The Kier molecular flexibility index (Phi) is 7.35. The van der Waals surface area contributed by atoms with Gasteiger partial charge in [0.1, 0.15) is 23.1 Å². The highest BCUT2D eigenvalue weighted by Gasteiger charge is 2.10. The van der Waals surface area contributed by atoms with Crippen LogP contribution < -0.4 is 15.4 Å². The summed E-state index contributed by atoms with van der Waals surface area (Å²) in [6.07, 6.45) is 0.995. The van der Waals surface area contributed by atoms with E-state index in [0.29, 0.717) is 23.9 Å². The number of aromatic nitrogens is 2. The van der Waals surface area contributed by atoms with Crippen LogP contribution in [0.1, 0.15) is 28.3 Å². The van der Waals surface area contributed by atoms with Crippen molar-refractivity contribution in [2.75, 3.05) is 39.6 Å². The third-order valence-corrected chi connectivity index (χ3v) is 3.77. The van der Waals surface area contributed by atoms with Gasteiger partial charge in [0, 0.05) is 19.2 Å². The molecule has 0 unspecified atom stereocenters. The Morgan fingerprint density at radius 1 is 1.19 bits per heavy atom. The lowest BCUT2D eigenvalue weighted by atomic mass is 10.2. The Labute approximate surface area is 154 Å². The van der Waals surface area contributed by atoms with E-state index in [4.69, 9.17) is 4.74 Å². The van der Waals surface area contributed by atoms with E-state index in [9.17, 15) is 4.79 Å². The topological polar surface area (TPSA) is 79.4 Å². The van der Waals surface area contributed by atoms with Crippen LogP contribution in [0.4, 0.5) is 5.82 Å². The lowest BCUT2D eigenvalue weighted by Crippen LogP contribution is -2.24. The molecule has 1 aromatic heterocycles. The molecule has 0 saturated carbocycles. The molecular weight excluding hydrogens is 330 g/mol. The highest BCUT2D eigenvalue weighted by molar-refractivity contribution is 5.92. The van der Waals surface area contributed by atoms with E-state index in [1.807, 2.05) is 38.4 Å². The number of carbonyl (C=O) groups excluding carboxylic acids is 1. The van der Waals surface area contributed by atoms with E-state index in [1.165, 1.54) is 0 Å².